The van der Waals surface area contributed by atoms with Gasteiger partial charge in [0.15, 0.2) is 0 Å². The van der Waals surface area contributed by atoms with Crippen molar-refractivity contribution in [1.29, 1.82) is 0 Å². The molecule has 4 rings (SSSR count). The number of fused-ring (bicyclic) bond motifs is 2. The zero-order valence-corrected chi connectivity index (χ0v) is 18.6. The van der Waals surface area contributed by atoms with Gasteiger partial charge in [-0.25, -0.2) is 4.99 Å². The number of nitrogens with one attached hydrogen (secondary N) is 2. The number of hydrogen-bond acceptors (Lipinski definition) is 5. The first-order valence-electron chi connectivity index (χ1n) is 11.1. The molecule has 0 amide bonds. The summed E-state index contributed by atoms with van der Waals surface area (Å²) in [4.78, 5) is 6.63. The minimum Gasteiger partial charge on any atom is -0.382 e. The highest BCUT2D eigenvalue weighted by molar-refractivity contribution is 6.04. The normalized spacial score (nSPS) is 29.3. The van der Waals surface area contributed by atoms with E-state index in [4.69, 9.17) is 5.73 Å². The Morgan fingerprint density at radius 2 is 1.90 bits per heavy atom. The second-order valence-corrected chi connectivity index (χ2v) is 9.10. The van der Waals surface area contributed by atoms with E-state index in [1.807, 2.05) is 13.2 Å². The molecule has 1 aromatic rings. The van der Waals surface area contributed by atoms with Crippen LogP contribution >= 0.6 is 0 Å². The Bertz CT molecular complexity index is 898. The molecule has 0 unspecified atom stereocenters. The van der Waals surface area contributed by atoms with Gasteiger partial charge in [-0.15, -0.1) is 0 Å². The van der Waals surface area contributed by atoms with E-state index >= 15 is 0 Å². The average molecular weight is 406 g/mol. The lowest BCUT2D eigenvalue weighted by atomic mass is 9.80. The molecule has 1 aliphatic heterocycles. The van der Waals surface area contributed by atoms with Gasteiger partial charge in [-0.3, -0.25) is 0 Å². The van der Waals surface area contributed by atoms with Gasteiger partial charge in [-0.05, 0) is 69.3 Å². The Morgan fingerprint density at radius 1 is 1.20 bits per heavy atom. The maximum absolute atomic E-state index is 6.43. The van der Waals surface area contributed by atoms with Crippen molar-refractivity contribution in [3.63, 3.8) is 0 Å². The molecule has 0 atom stereocenters. The van der Waals surface area contributed by atoms with Crippen molar-refractivity contribution in [2.24, 2.45) is 16.1 Å². The van der Waals surface area contributed by atoms with E-state index in [-0.39, 0.29) is 5.41 Å². The van der Waals surface area contributed by atoms with Crippen LogP contribution in [0.5, 0.6) is 0 Å². The molecular weight excluding hydrogens is 370 g/mol. The summed E-state index contributed by atoms with van der Waals surface area (Å²) in [5.74, 6) is 0.556. The zero-order valence-electron chi connectivity index (χ0n) is 18.6. The summed E-state index contributed by atoms with van der Waals surface area (Å²) < 4.78 is 0. The molecule has 3 aliphatic rings. The van der Waals surface area contributed by atoms with Gasteiger partial charge < -0.3 is 21.3 Å². The minimum absolute atomic E-state index is 0.145. The Hall–Kier alpha value is -2.37. The molecule has 0 saturated heterocycles. The van der Waals surface area contributed by atoms with Gasteiger partial charge in [0.2, 0.25) is 0 Å². The lowest BCUT2D eigenvalue weighted by Crippen LogP contribution is -2.40. The van der Waals surface area contributed by atoms with Crippen molar-refractivity contribution < 1.29 is 0 Å². The van der Waals surface area contributed by atoms with E-state index in [1.54, 1.807) is 6.20 Å². The van der Waals surface area contributed by atoms with Gasteiger partial charge in [-0.2, -0.15) is 0 Å². The Balaban J connectivity index is 1.66. The topological polar surface area (TPSA) is 65.7 Å². The summed E-state index contributed by atoms with van der Waals surface area (Å²) in [6.45, 7) is 10.8. The predicted molar refractivity (Wildman–Crippen MR) is 125 cm³/mol. The van der Waals surface area contributed by atoms with Crippen molar-refractivity contribution in [1.82, 2.24) is 15.5 Å². The van der Waals surface area contributed by atoms with Crippen LogP contribution in [0.1, 0.15) is 57.1 Å². The third kappa shape index (κ3) is 3.50. The summed E-state index contributed by atoms with van der Waals surface area (Å²) in [7, 11) is 1.96. The summed E-state index contributed by atoms with van der Waals surface area (Å²) in [5.41, 5.74) is 12.5. The molecule has 0 spiro atoms. The summed E-state index contributed by atoms with van der Waals surface area (Å²) >= 11 is 0. The fourth-order valence-electron chi connectivity index (χ4n) is 5.72. The van der Waals surface area contributed by atoms with Crippen LogP contribution in [-0.4, -0.2) is 29.9 Å². The van der Waals surface area contributed by atoms with Gasteiger partial charge in [0.1, 0.15) is 5.84 Å². The monoisotopic (exact) mass is 405 g/mol. The van der Waals surface area contributed by atoms with E-state index in [0.717, 1.165) is 35.6 Å². The molecule has 2 bridgehead atoms. The van der Waals surface area contributed by atoms with Crippen LogP contribution in [0.25, 0.3) is 5.57 Å². The number of amidine groups is 1. The van der Waals surface area contributed by atoms with Gasteiger partial charge in [0.25, 0.3) is 0 Å². The van der Waals surface area contributed by atoms with Crippen LogP contribution < -0.4 is 16.4 Å². The predicted octanol–water partition coefficient (Wildman–Crippen LogP) is 4.11. The standard InChI is InChI=1S/C25H35N5/c1-5-29-25-12-10-24(17-25,11-13-25)19(3)30-15-14-28-23(26)22(30)18(2)21-8-6-20(7-9-21)16-27-4/h6-9,14-15,27,29H,3,5,10-13,16-17H2,1-2,4H3,(H2,26,28)/b22-18+. The molecule has 2 fully saturated rings. The Kier molecular flexibility index (Phi) is 5.60. The minimum atomic E-state index is 0.145. The maximum Gasteiger partial charge on any atom is 0.148 e. The maximum atomic E-state index is 6.43. The fraction of sp³-hybridized carbons (Fsp3) is 0.480. The third-order valence-corrected chi connectivity index (χ3v) is 7.33. The van der Waals surface area contributed by atoms with E-state index in [2.05, 4.69) is 65.2 Å². The van der Waals surface area contributed by atoms with Crippen LogP contribution in [0, 0.1) is 5.41 Å². The van der Waals surface area contributed by atoms with Gasteiger partial charge in [-0.1, -0.05) is 37.8 Å². The van der Waals surface area contributed by atoms with Crippen molar-refractivity contribution in [3.8, 4) is 0 Å². The summed E-state index contributed by atoms with van der Waals surface area (Å²) in [6.07, 6.45) is 9.83. The lowest BCUT2D eigenvalue weighted by molar-refractivity contribution is 0.292. The quantitative estimate of drug-likeness (QED) is 0.639. The first-order chi connectivity index (χ1) is 14.4. The Morgan fingerprint density at radius 3 is 2.53 bits per heavy atom. The van der Waals surface area contributed by atoms with Crippen molar-refractivity contribution >= 4 is 11.4 Å². The van der Waals surface area contributed by atoms with E-state index < -0.39 is 0 Å². The van der Waals surface area contributed by atoms with Crippen molar-refractivity contribution in [3.05, 3.63) is 65.8 Å². The highest BCUT2D eigenvalue weighted by atomic mass is 15.2. The number of aliphatic imine (C=N–C) groups is 1. The van der Waals surface area contributed by atoms with E-state index in [0.29, 0.717) is 11.4 Å². The van der Waals surface area contributed by atoms with E-state index in [1.165, 1.54) is 37.7 Å². The highest BCUT2D eigenvalue weighted by Gasteiger charge is 2.56. The number of nitrogens with zero attached hydrogens (tertiary/aromatic N) is 2. The number of nitrogens with two attached hydrogens (primary N) is 1. The average Bonchev–Trinajstić information content (AvgIpc) is 3.31. The number of benzene rings is 1. The van der Waals surface area contributed by atoms with Crippen LogP contribution in [0.2, 0.25) is 0 Å². The van der Waals surface area contributed by atoms with Gasteiger partial charge in [0, 0.05) is 35.6 Å². The first-order valence-corrected chi connectivity index (χ1v) is 11.1. The molecule has 0 aromatic heterocycles. The molecule has 5 heteroatoms. The molecular formula is C25H35N5. The molecule has 1 heterocycles. The summed E-state index contributed by atoms with van der Waals surface area (Å²) in [6, 6.07) is 8.67. The lowest BCUT2D eigenvalue weighted by Gasteiger charge is -2.38. The largest absolute Gasteiger partial charge is 0.382 e. The van der Waals surface area contributed by atoms with Crippen LogP contribution in [0.3, 0.4) is 0 Å². The molecule has 4 N–H and O–H groups in total. The second kappa shape index (κ2) is 8.05. The number of hydrogen-bond donors (Lipinski definition) is 3. The molecule has 2 aliphatic carbocycles. The summed E-state index contributed by atoms with van der Waals surface area (Å²) in [5, 5.41) is 6.97. The molecule has 1 aromatic carbocycles. The second-order valence-electron chi connectivity index (χ2n) is 9.10. The Labute approximate surface area is 180 Å². The van der Waals surface area contributed by atoms with Crippen LogP contribution in [0.15, 0.2) is 59.6 Å². The van der Waals surface area contributed by atoms with Gasteiger partial charge in [0.05, 0.1) is 5.70 Å². The number of rotatable bonds is 7. The van der Waals surface area contributed by atoms with Crippen LogP contribution in [0.4, 0.5) is 0 Å². The van der Waals surface area contributed by atoms with Crippen molar-refractivity contribution in [2.75, 3.05) is 13.6 Å². The van der Waals surface area contributed by atoms with Gasteiger partial charge >= 0.3 is 0 Å². The molecule has 160 valence electrons. The SMILES string of the molecule is C=C(N1C=CN=C(N)/C1=C(/C)c1ccc(CNC)cc1)C12CCC(NCC)(CC1)C2. The molecule has 2 saturated carbocycles. The van der Waals surface area contributed by atoms with Crippen molar-refractivity contribution in [2.45, 2.75) is 58.0 Å². The molecule has 30 heavy (non-hydrogen) atoms. The van der Waals surface area contributed by atoms with E-state index in [9.17, 15) is 0 Å². The highest BCUT2D eigenvalue weighted by Crippen LogP contribution is 2.60. The molecule has 5 nitrogen and oxygen atoms in total. The number of allylic oxidation sites excluding steroid dienone is 2. The fourth-order valence-corrected chi connectivity index (χ4v) is 5.72. The first kappa shape index (κ1) is 20.9. The zero-order chi connectivity index (χ0) is 21.4. The molecule has 0 radical (unpaired) electrons. The smallest absolute Gasteiger partial charge is 0.148 e. The van der Waals surface area contributed by atoms with Crippen LogP contribution in [-0.2, 0) is 6.54 Å². The third-order valence-electron chi connectivity index (χ3n) is 7.33.